The molecule has 2 aliphatic rings. The Labute approximate surface area is 143 Å². The molecule has 1 aromatic heterocycles. The molecule has 1 atom stereocenters. The van der Waals surface area contributed by atoms with Gasteiger partial charge in [-0.2, -0.15) is 17.0 Å². The molecule has 2 aliphatic heterocycles. The monoisotopic (exact) mass is 355 g/mol. The van der Waals surface area contributed by atoms with E-state index in [1.807, 2.05) is 19.0 Å². The van der Waals surface area contributed by atoms with Gasteiger partial charge >= 0.3 is 0 Å². The van der Waals surface area contributed by atoms with Gasteiger partial charge in [0.25, 0.3) is 10.2 Å². The molecule has 0 amide bonds. The molecule has 0 aromatic carbocycles. The van der Waals surface area contributed by atoms with Crippen LogP contribution in [0.4, 0.5) is 0 Å². The normalized spacial score (nSPS) is 23.9. The first-order chi connectivity index (χ1) is 11.5. The second-order valence-electron chi connectivity index (χ2n) is 6.46. The maximum atomic E-state index is 13.0. The molecule has 0 N–H and O–H groups in total. The summed E-state index contributed by atoms with van der Waals surface area (Å²) in [6.07, 6.45) is 5.05. The maximum absolute atomic E-state index is 13.0. The first-order valence-electron chi connectivity index (χ1n) is 8.28. The molecule has 0 unspecified atom stereocenters. The summed E-state index contributed by atoms with van der Waals surface area (Å²) in [7, 11) is 0.456. The van der Waals surface area contributed by atoms with Crippen LogP contribution in [0.25, 0.3) is 0 Å². The molecule has 8 nitrogen and oxygen atoms in total. The molecule has 2 fully saturated rings. The van der Waals surface area contributed by atoms with Crippen molar-refractivity contribution in [1.29, 1.82) is 0 Å². The highest BCUT2D eigenvalue weighted by atomic mass is 32.2. The number of morpholine rings is 1. The predicted molar refractivity (Wildman–Crippen MR) is 89.4 cm³/mol. The van der Waals surface area contributed by atoms with Gasteiger partial charge in [-0.05, 0) is 26.9 Å². The molecule has 0 aliphatic carbocycles. The number of aromatic nitrogens is 2. The van der Waals surface area contributed by atoms with Crippen LogP contribution in [-0.2, 0) is 21.5 Å². The molecule has 3 heterocycles. The second kappa shape index (κ2) is 7.40. The van der Waals surface area contributed by atoms with Crippen LogP contribution in [-0.4, -0.2) is 78.8 Å². The van der Waals surface area contributed by atoms with Crippen LogP contribution in [0.2, 0.25) is 0 Å². The third kappa shape index (κ3) is 3.75. The summed E-state index contributed by atoms with van der Waals surface area (Å²) < 4.78 is 34.3. The molecular formula is C15H25N5O3S. The lowest BCUT2D eigenvalue weighted by atomic mass is 10.1. The van der Waals surface area contributed by atoms with Crippen LogP contribution in [0.15, 0.2) is 12.4 Å². The van der Waals surface area contributed by atoms with Crippen molar-refractivity contribution >= 4 is 10.2 Å². The van der Waals surface area contributed by atoms with Gasteiger partial charge < -0.3 is 9.64 Å². The Morgan fingerprint density at radius 2 is 2.00 bits per heavy atom. The van der Waals surface area contributed by atoms with Crippen molar-refractivity contribution in [3.8, 4) is 0 Å². The molecule has 9 heteroatoms. The maximum Gasteiger partial charge on any atom is 0.282 e. The third-order valence-electron chi connectivity index (χ3n) is 4.32. The van der Waals surface area contributed by atoms with E-state index in [2.05, 4.69) is 9.97 Å². The number of hydrogen-bond donors (Lipinski definition) is 0. The Kier molecular flexibility index (Phi) is 5.46. The molecule has 134 valence electrons. The molecular weight excluding hydrogens is 330 g/mol. The highest BCUT2D eigenvalue weighted by Gasteiger charge is 2.40. The molecule has 0 spiro atoms. The summed E-state index contributed by atoms with van der Waals surface area (Å²) in [4.78, 5) is 10.9. The van der Waals surface area contributed by atoms with Crippen LogP contribution in [0.3, 0.4) is 0 Å². The van der Waals surface area contributed by atoms with Crippen molar-refractivity contribution in [3.05, 3.63) is 23.8 Å². The van der Waals surface area contributed by atoms with Gasteiger partial charge in [0.2, 0.25) is 0 Å². The van der Waals surface area contributed by atoms with Gasteiger partial charge in [0.15, 0.2) is 0 Å². The summed E-state index contributed by atoms with van der Waals surface area (Å²) in [6.45, 7) is 2.95. The predicted octanol–water partition coefficient (Wildman–Crippen LogP) is 0.252. The van der Waals surface area contributed by atoms with Gasteiger partial charge in [-0.3, -0.25) is 9.97 Å². The van der Waals surface area contributed by atoms with Gasteiger partial charge in [-0.25, -0.2) is 0 Å². The molecule has 2 saturated heterocycles. The first kappa shape index (κ1) is 17.7. The highest BCUT2D eigenvalue weighted by molar-refractivity contribution is 7.86. The van der Waals surface area contributed by atoms with E-state index in [-0.39, 0.29) is 6.04 Å². The summed E-state index contributed by atoms with van der Waals surface area (Å²) in [6, 6.07) is -0.229. The molecule has 0 radical (unpaired) electrons. The summed E-state index contributed by atoms with van der Waals surface area (Å²) in [5.74, 6) is 0. The van der Waals surface area contributed by atoms with Gasteiger partial charge in [0, 0.05) is 32.4 Å². The Bertz CT molecular complexity index is 661. The Hall–Kier alpha value is -1.13. The minimum absolute atomic E-state index is 0.229. The smallest absolute Gasteiger partial charge is 0.282 e. The van der Waals surface area contributed by atoms with E-state index in [9.17, 15) is 8.42 Å². The zero-order valence-electron chi connectivity index (χ0n) is 14.3. The molecule has 1 aromatic rings. The fourth-order valence-electron chi connectivity index (χ4n) is 3.22. The zero-order chi connectivity index (χ0) is 17.2. The van der Waals surface area contributed by atoms with Crippen molar-refractivity contribution in [1.82, 2.24) is 23.5 Å². The summed E-state index contributed by atoms with van der Waals surface area (Å²) >= 11 is 0. The summed E-state index contributed by atoms with van der Waals surface area (Å²) in [5, 5.41) is 0. The lowest BCUT2D eigenvalue weighted by Gasteiger charge is -2.32. The van der Waals surface area contributed by atoms with E-state index in [4.69, 9.17) is 4.74 Å². The van der Waals surface area contributed by atoms with E-state index in [0.29, 0.717) is 39.4 Å². The lowest BCUT2D eigenvalue weighted by Crippen LogP contribution is -2.48. The van der Waals surface area contributed by atoms with Gasteiger partial charge in [-0.1, -0.05) is 0 Å². The minimum atomic E-state index is -3.49. The van der Waals surface area contributed by atoms with Crippen molar-refractivity contribution in [2.24, 2.45) is 0 Å². The molecule has 0 saturated carbocycles. The van der Waals surface area contributed by atoms with E-state index < -0.39 is 10.2 Å². The van der Waals surface area contributed by atoms with Crippen LogP contribution in [0, 0.1) is 0 Å². The van der Waals surface area contributed by atoms with Crippen LogP contribution in [0.1, 0.15) is 30.3 Å². The quantitative estimate of drug-likeness (QED) is 0.753. The van der Waals surface area contributed by atoms with Crippen LogP contribution in [0.5, 0.6) is 0 Å². The van der Waals surface area contributed by atoms with Gasteiger partial charge in [-0.15, -0.1) is 0 Å². The van der Waals surface area contributed by atoms with E-state index in [1.165, 1.54) is 4.31 Å². The second-order valence-corrected chi connectivity index (χ2v) is 8.34. The van der Waals surface area contributed by atoms with Crippen molar-refractivity contribution in [3.63, 3.8) is 0 Å². The van der Waals surface area contributed by atoms with Gasteiger partial charge in [0.05, 0.1) is 36.8 Å². The van der Waals surface area contributed by atoms with E-state index in [1.54, 1.807) is 16.7 Å². The SMILES string of the molecule is CN(C)Cc1cncc([C@H]2CCCN2S(=O)(=O)N2CCOCC2)n1. The van der Waals surface area contributed by atoms with Gasteiger partial charge in [0.1, 0.15) is 0 Å². The number of hydrogen-bond acceptors (Lipinski definition) is 6. The van der Waals surface area contributed by atoms with Crippen molar-refractivity contribution < 1.29 is 13.2 Å². The first-order valence-corrected chi connectivity index (χ1v) is 9.68. The van der Waals surface area contributed by atoms with Crippen LogP contribution < -0.4 is 0 Å². The average molecular weight is 355 g/mol. The van der Waals surface area contributed by atoms with Crippen molar-refractivity contribution in [2.75, 3.05) is 46.9 Å². The average Bonchev–Trinajstić information content (AvgIpc) is 3.06. The van der Waals surface area contributed by atoms with E-state index in [0.717, 1.165) is 24.2 Å². The van der Waals surface area contributed by atoms with Crippen LogP contribution >= 0.6 is 0 Å². The fourth-order valence-corrected chi connectivity index (χ4v) is 5.02. The van der Waals surface area contributed by atoms with E-state index >= 15 is 0 Å². The Morgan fingerprint density at radius 1 is 1.25 bits per heavy atom. The standard InChI is InChI=1S/C15H25N5O3S/c1-18(2)12-13-10-16-11-14(17-13)15-4-3-5-20(15)24(21,22)19-6-8-23-9-7-19/h10-11,15H,3-9,12H2,1-2H3/t15-/m1/s1. The Morgan fingerprint density at radius 3 is 2.71 bits per heavy atom. The minimum Gasteiger partial charge on any atom is -0.379 e. The fraction of sp³-hybridized carbons (Fsp3) is 0.733. The topological polar surface area (TPSA) is 78.9 Å². The Balaban J connectivity index is 1.82. The largest absolute Gasteiger partial charge is 0.379 e. The highest BCUT2D eigenvalue weighted by Crippen LogP contribution is 2.34. The summed E-state index contributed by atoms with van der Waals surface area (Å²) in [5.41, 5.74) is 1.59. The zero-order valence-corrected chi connectivity index (χ0v) is 15.1. The number of ether oxygens (including phenoxy) is 1. The lowest BCUT2D eigenvalue weighted by molar-refractivity contribution is 0.0698. The van der Waals surface area contributed by atoms with Crippen molar-refractivity contribution in [2.45, 2.75) is 25.4 Å². The molecule has 24 heavy (non-hydrogen) atoms. The number of nitrogens with zero attached hydrogens (tertiary/aromatic N) is 5. The molecule has 3 rings (SSSR count). The number of rotatable bonds is 5. The third-order valence-corrected chi connectivity index (χ3v) is 6.37. The molecule has 0 bridgehead atoms.